The molecule has 2 aliphatic heterocycles. The molecule has 0 amide bonds. The molecule has 1 saturated heterocycles. The van der Waals surface area contributed by atoms with Crippen LogP contribution in [0.3, 0.4) is 0 Å². The van der Waals surface area contributed by atoms with Crippen LogP contribution in [0, 0.1) is 16.0 Å². The molecule has 3 heterocycles. The predicted molar refractivity (Wildman–Crippen MR) is 92.1 cm³/mol. The van der Waals surface area contributed by atoms with Gasteiger partial charge in [0, 0.05) is 30.6 Å². The van der Waals surface area contributed by atoms with Crippen LogP contribution < -0.4 is 0 Å². The van der Waals surface area contributed by atoms with Crippen LogP contribution in [0.1, 0.15) is 32.1 Å². The summed E-state index contributed by atoms with van der Waals surface area (Å²) in [6, 6.07) is 0. The summed E-state index contributed by atoms with van der Waals surface area (Å²) >= 11 is 7.31. The van der Waals surface area contributed by atoms with Crippen LogP contribution in [-0.4, -0.2) is 45.1 Å². The molecule has 24 heavy (non-hydrogen) atoms. The van der Waals surface area contributed by atoms with Gasteiger partial charge in [-0.1, -0.05) is 18.5 Å². The molecule has 0 aromatic carbocycles. The summed E-state index contributed by atoms with van der Waals surface area (Å²) in [7, 11) is 0. The Bertz CT molecular complexity index is 663. The van der Waals surface area contributed by atoms with Gasteiger partial charge in [0.05, 0.1) is 23.5 Å². The minimum atomic E-state index is -0.240. The van der Waals surface area contributed by atoms with Gasteiger partial charge >= 0.3 is 0 Å². The molecule has 1 aromatic rings. The summed E-state index contributed by atoms with van der Waals surface area (Å²) in [4.78, 5) is 20.6. The first-order chi connectivity index (χ1) is 11.4. The van der Waals surface area contributed by atoms with Crippen LogP contribution in [0.2, 0.25) is 4.47 Å². The van der Waals surface area contributed by atoms with Crippen molar-refractivity contribution in [2.24, 2.45) is 5.92 Å². The van der Waals surface area contributed by atoms with Crippen molar-refractivity contribution in [3.05, 3.63) is 37.2 Å². The second-order valence-electron chi connectivity index (χ2n) is 6.44. The molecule has 9 heteroatoms. The Morgan fingerprint density at radius 3 is 2.88 bits per heavy atom. The lowest BCUT2D eigenvalue weighted by Crippen LogP contribution is -2.44. The Morgan fingerprint density at radius 1 is 1.54 bits per heavy atom. The molecule has 0 N–H and O–H groups in total. The number of hydrogen-bond acceptors (Lipinski definition) is 7. The Kier molecular flexibility index (Phi) is 4.98. The highest BCUT2D eigenvalue weighted by atomic mass is 35.5. The number of aromatic nitrogens is 1. The summed E-state index contributed by atoms with van der Waals surface area (Å²) in [6.07, 6.45) is 2.33. The molecule has 1 aromatic heterocycles. The van der Waals surface area contributed by atoms with E-state index >= 15 is 0 Å². The minimum Gasteiger partial charge on any atom is -0.356 e. The Hall–Kier alpha value is -1.38. The maximum absolute atomic E-state index is 11.7. The largest absolute Gasteiger partial charge is 0.356 e. The molecule has 0 bridgehead atoms. The van der Waals surface area contributed by atoms with E-state index in [4.69, 9.17) is 16.3 Å². The van der Waals surface area contributed by atoms with Crippen molar-refractivity contribution < 1.29 is 9.66 Å². The molecule has 7 nitrogen and oxygen atoms in total. The monoisotopic (exact) mass is 372 g/mol. The summed E-state index contributed by atoms with van der Waals surface area (Å²) in [6.45, 7) is 7.92. The van der Waals surface area contributed by atoms with Gasteiger partial charge in [0.25, 0.3) is 5.70 Å². The van der Waals surface area contributed by atoms with Crippen molar-refractivity contribution in [3.63, 3.8) is 0 Å². The van der Waals surface area contributed by atoms with E-state index in [1.807, 2.05) is 30.6 Å². The SMILES string of the molecule is CC(C)OC1CC(C)C([N+](=O)[O-])=C2N(Cc3cnc(Cl)s3)CCN21. The van der Waals surface area contributed by atoms with Crippen LogP contribution >= 0.6 is 22.9 Å². The Balaban J connectivity index is 1.92. The predicted octanol–water partition coefficient (Wildman–Crippen LogP) is 3.15. The fourth-order valence-corrected chi connectivity index (χ4v) is 4.37. The van der Waals surface area contributed by atoms with Crippen molar-refractivity contribution in [3.8, 4) is 0 Å². The number of fused-ring (bicyclic) bond motifs is 1. The van der Waals surface area contributed by atoms with Crippen LogP contribution in [-0.2, 0) is 11.3 Å². The quantitative estimate of drug-likeness (QED) is 0.584. The summed E-state index contributed by atoms with van der Waals surface area (Å²) in [5, 5.41) is 11.7. The van der Waals surface area contributed by atoms with E-state index in [0.29, 0.717) is 23.3 Å². The van der Waals surface area contributed by atoms with Gasteiger partial charge in [0.15, 0.2) is 10.3 Å². The van der Waals surface area contributed by atoms with Crippen molar-refractivity contribution >= 4 is 22.9 Å². The van der Waals surface area contributed by atoms with Gasteiger partial charge in [-0.3, -0.25) is 10.1 Å². The van der Waals surface area contributed by atoms with E-state index in [-0.39, 0.29) is 28.9 Å². The van der Waals surface area contributed by atoms with Gasteiger partial charge in [-0.25, -0.2) is 4.98 Å². The highest BCUT2D eigenvalue weighted by Gasteiger charge is 2.45. The van der Waals surface area contributed by atoms with E-state index in [1.165, 1.54) is 11.3 Å². The Labute approximate surface area is 150 Å². The zero-order valence-corrected chi connectivity index (χ0v) is 15.5. The van der Waals surface area contributed by atoms with Crippen molar-refractivity contribution in [2.45, 2.75) is 46.1 Å². The van der Waals surface area contributed by atoms with Gasteiger partial charge in [-0.15, -0.1) is 11.3 Å². The maximum atomic E-state index is 11.7. The first-order valence-corrected chi connectivity index (χ1v) is 9.22. The molecular weight excluding hydrogens is 352 g/mol. The number of hydrogen-bond donors (Lipinski definition) is 0. The average molecular weight is 373 g/mol. The molecule has 0 saturated carbocycles. The average Bonchev–Trinajstić information content (AvgIpc) is 3.06. The molecule has 2 aliphatic rings. The smallest absolute Gasteiger partial charge is 0.289 e. The van der Waals surface area contributed by atoms with Gasteiger partial charge < -0.3 is 14.5 Å². The highest BCUT2D eigenvalue weighted by Crippen LogP contribution is 2.38. The first-order valence-electron chi connectivity index (χ1n) is 8.02. The molecule has 0 spiro atoms. The molecule has 132 valence electrons. The number of allylic oxidation sites excluding steroid dienone is 1. The molecule has 3 rings (SSSR count). The fourth-order valence-electron chi connectivity index (χ4n) is 3.38. The third-order valence-electron chi connectivity index (χ3n) is 4.28. The number of ether oxygens (including phenoxy) is 1. The van der Waals surface area contributed by atoms with E-state index in [2.05, 4.69) is 4.98 Å². The van der Waals surface area contributed by atoms with Gasteiger partial charge in [0.2, 0.25) is 0 Å². The van der Waals surface area contributed by atoms with Crippen molar-refractivity contribution in [1.82, 2.24) is 14.8 Å². The highest BCUT2D eigenvalue weighted by molar-refractivity contribution is 7.15. The van der Waals surface area contributed by atoms with Gasteiger partial charge in [-0.05, 0) is 13.8 Å². The molecule has 0 aliphatic carbocycles. The van der Waals surface area contributed by atoms with Crippen LogP contribution in [0.25, 0.3) is 0 Å². The maximum Gasteiger partial charge on any atom is 0.289 e. The normalized spacial score (nSPS) is 24.0. The second kappa shape index (κ2) is 6.85. The molecule has 1 fully saturated rings. The lowest BCUT2D eigenvalue weighted by atomic mass is 9.98. The summed E-state index contributed by atoms with van der Waals surface area (Å²) in [5.41, 5.74) is 0.284. The third-order valence-corrected chi connectivity index (χ3v) is 5.38. The molecule has 2 unspecified atom stereocenters. The molecular formula is C15H21ClN4O3S. The number of thiazole rings is 1. The van der Waals surface area contributed by atoms with Crippen molar-refractivity contribution in [1.29, 1.82) is 0 Å². The number of nitro groups is 1. The van der Waals surface area contributed by atoms with Gasteiger partial charge in [0.1, 0.15) is 6.23 Å². The van der Waals surface area contributed by atoms with E-state index in [9.17, 15) is 10.1 Å². The first kappa shape index (κ1) is 17.4. The number of halogens is 1. The minimum absolute atomic E-state index is 0.0787. The molecule has 0 radical (unpaired) electrons. The summed E-state index contributed by atoms with van der Waals surface area (Å²) in [5.74, 6) is 0.537. The van der Waals surface area contributed by atoms with Crippen LogP contribution in [0.5, 0.6) is 0 Å². The fraction of sp³-hybridized carbons (Fsp3) is 0.667. The van der Waals surface area contributed by atoms with Crippen LogP contribution in [0.4, 0.5) is 0 Å². The van der Waals surface area contributed by atoms with E-state index in [1.54, 1.807) is 6.20 Å². The summed E-state index contributed by atoms with van der Waals surface area (Å²) < 4.78 is 6.51. The lowest BCUT2D eigenvalue weighted by Gasteiger charge is -2.37. The zero-order chi connectivity index (χ0) is 17.4. The molecule has 2 atom stereocenters. The van der Waals surface area contributed by atoms with Gasteiger partial charge in [-0.2, -0.15) is 0 Å². The van der Waals surface area contributed by atoms with E-state index in [0.717, 1.165) is 18.0 Å². The number of nitrogens with zero attached hydrogens (tertiary/aromatic N) is 4. The topological polar surface area (TPSA) is 71.7 Å². The zero-order valence-electron chi connectivity index (χ0n) is 13.9. The second-order valence-corrected chi connectivity index (χ2v) is 8.13. The number of rotatable bonds is 5. The standard InChI is InChI=1S/C15H21ClN4O3S/c1-9(2)23-12-6-10(3)13(20(21)22)14-18(4-5-19(12)14)8-11-7-17-15(16)24-11/h7,9-10,12H,4-6,8H2,1-3H3. The van der Waals surface area contributed by atoms with Crippen molar-refractivity contribution in [2.75, 3.05) is 13.1 Å². The Morgan fingerprint density at radius 2 is 2.29 bits per heavy atom. The lowest BCUT2D eigenvalue weighted by molar-refractivity contribution is -0.440. The van der Waals surface area contributed by atoms with Crippen LogP contribution in [0.15, 0.2) is 17.7 Å². The third kappa shape index (κ3) is 3.36. The van der Waals surface area contributed by atoms with E-state index < -0.39 is 0 Å².